The second-order valence-corrected chi connectivity index (χ2v) is 2.39. The molecule has 0 heterocycles. The Labute approximate surface area is 97.1 Å². The second kappa shape index (κ2) is 15.4. The summed E-state index contributed by atoms with van der Waals surface area (Å²) in [6, 6.07) is 0.183. The first-order chi connectivity index (χ1) is 6.29. The molecule has 0 aliphatic heterocycles. The van der Waals surface area contributed by atoms with Gasteiger partial charge in [0.05, 0.1) is 6.61 Å². The van der Waals surface area contributed by atoms with Crippen molar-refractivity contribution in [2.45, 2.75) is 26.3 Å². The molecular weight excluding hydrogens is 225 g/mol. The Morgan fingerprint density at radius 2 is 1.93 bits per heavy atom. The summed E-state index contributed by atoms with van der Waals surface area (Å²) in [6.45, 7) is 5.26. The first kappa shape index (κ1) is 19.5. The maximum absolute atomic E-state index is 10.4. The Morgan fingerprint density at radius 1 is 1.43 bits per heavy atom. The molecule has 0 bridgehead atoms. The fourth-order valence-corrected chi connectivity index (χ4v) is 1.02. The number of methoxy groups -OCH3 is 1. The van der Waals surface area contributed by atoms with Gasteiger partial charge in [-0.25, -0.2) is 0 Å². The normalized spacial score (nSPS) is 10.4. The van der Waals surface area contributed by atoms with E-state index in [2.05, 4.69) is 0 Å². The Hall–Kier alpha value is -0.0905. The standard InChI is InChI=1S/C8H16NO2.CH4O.Mn/c1-4-8(6-11-3)9(5-2)7-10;1-2;/h8H,4-6H2,1-3H3;2H,1H3;/q-1;;. The molecule has 0 aliphatic rings. The molecule has 0 spiro atoms. The third kappa shape index (κ3) is 8.51. The van der Waals surface area contributed by atoms with Crippen molar-refractivity contribution in [3.05, 3.63) is 0 Å². The molecule has 1 N–H and O–H groups in total. The van der Waals surface area contributed by atoms with Crippen LogP contribution >= 0.6 is 0 Å². The van der Waals surface area contributed by atoms with Gasteiger partial charge < -0.3 is 19.5 Å². The molecule has 0 aliphatic carbocycles. The van der Waals surface area contributed by atoms with Crippen molar-refractivity contribution in [1.29, 1.82) is 0 Å². The van der Waals surface area contributed by atoms with Crippen molar-refractivity contribution < 1.29 is 31.7 Å². The number of likely N-dealkylation sites (N-methyl/N-ethyl adjacent to an activating group) is 1. The van der Waals surface area contributed by atoms with E-state index in [1.807, 2.05) is 20.3 Å². The number of carbonyl (C=O) groups excluding carboxylic acids is 1. The number of rotatable bonds is 6. The van der Waals surface area contributed by atoms with Crippen LogP contribution in [0.4, 0.5) is 0 Å². The molecule has 5 heteroatoms. The van der Waals surface area contributed by atoms with Crippen molar-refractivity contribution in [3.8, 4) is 0 Å². The molecule has 0 saturated heterocycles. The van der Waals surface area contributed by atoms with Crippen molar-refractivity contribution in [1.82, 2.24) is 4.90 Å². The molecule has 1 atom stereocenters. The van der Waals surface area contributed by atoms with E-state index in [4.69, 9.17) is 9.84 Å². The molecule has 87 valence electrons. The van der Waals surface area contributed by atoms with Gasteiger partial charge in [0, 0.05) is 37.3 Å². The number of ether oxygens (including phenoxy) is 1. The van der Waals surface area contributed by atoms with Gasteiger partial charge in [0.15, 0.2) is 0 Å². The predicted molar refractivity (Wildman–Crippen MR) is 52.2 cm³/mol. The predicted octanol–water partition coefficient (Wildman–Crippen LogP) is 0.407. The van der Waals surface area contributed by atoms with Gasteiger partial charge in [-0.05, 0) is 13.0 Å². The monoisotopic (exact) mass is 245 g/mol. The zero-order chi connectivity index (χ0) is 10.7. The smallest absolute Gasteiger partial charge is 0.0640 e. The summed E-state index contributed by atoms with van der Waals surface area (Å²) in [6.07, 6.45) is 2.80. The van der Waals surface area contributed by atoms with Crippen LogP contribution < -0.4 is 0 Å². The molecular formula is C9H20MnNO3-. The van der Waals surface area contributed by atoms with Gasteiger partial charge in [0.1, 0.15) is 0 Å². The maximum atomic E-state index is 10.4. The molecule has 1 unspecified atom stereocenters. The van der Waals surface area contributed by atoms with Gasteiger partial charge in [-0.2, -0.15) is 6.41 Å². The van der Waals surface area contributed by atoms with E-state index in [0.717, 1.165) is 13.5 Å². The third-order valence-electron chi connectivity index (χ3n) is 1.73. The average molecular weight is 245 g/mol. The topological polar surface area (TPSA) is 49.8 Å². The molecule has 4 nitrogen and oxygen atoms in total. The number of hydrogen-bond donors (Lipinski definition) is 1. The summed E-state index contributed by atoms with van der Waals surface area (Å²) in [7, 11) is 2.64. The Bertz CT molecular complexity index is 114. The van der Waals surface area contributed by atoms with E-state index in [1.54, 1.807) is 12.0 Å². The fraction of sp³-hybridized carbons (Fsp3) is 0.889. The number of amides is 1. The maximum Gasteiger partial charge on any atom is 0.0640 e. The van der Waals surface area contributed by atoms with Gasteiger partial charge in [-0.1, -0.05) is 13.8 Å². The van der Waals surface area contributed by atoms with Crippen molar-refractivity contribution >= 4 is 6.41 Å². The van der Waals surface area contributed by atoms with E-state index >= 15 is 0 Å². The van der Waals surface area contributed by atoms with E-state index < -0.39 is 0 Å². The van der Waals surface area contributed by atoms with Gasteiger partial charge in [-0.15, -0.1) is 0 Å². The van der Waals surface area contributed by atoms with Crippen LogP contribution in [0.1, 0.15) is 20.3 Å². The van der Waals surface area contributed by atoms with E-state index in [0.29, 0.717) is 13.2 Å². The van der Waals surface area contributed by atoms with Crippen LogP contribution in [0.5, 0.6) is 0 Å². The quantitative estimate of drug-likeness (QED) is 0.419. The number of hydrogen-bond acceptors (Lipinski definition) is 3. The summed E-state index contributed by atoms with van der Waals surface area (Å²) in [4.78, 5) is 12.0. The van der Waals surface area contributed by atoms with Crippen molar-refractivity contribution in [3.63, 3.8) is 0 Å². The van der Waals surface area contributed by atoms with Crippen LogP contribution in [0.15, 0.2) is 0 Å². The average Bonchev–Trinajstić information content (AvgIpc) is 2.21. The number of aliphatic hydroxyl groups excluding tert-OH is 1. The number of aliphatic hydroxyl groups is 1. The van der Waals surface area contributed by atoms with Gasteiger partial charge in [0.25, 0.3) is 0 Å². The molecule has 1 amide bonds. The molecule has 0 aromatic rings. The van der Waals surface area contributed by atoms with Crippen molar-refractivity contribution in [2.75, 3.05) is 27.4 Å². The summed E-state index contributed by atoms with van der Waals surface area (Å²) in [5.41, 5.74) is 0. The van der Waals surface area contributed by atoms with Gasteiger partial charge in [0.2, 0.25) is 0 Å². The summed E-state index contributed by atoms with van der Waals surface area (Å²) in [5, 5.41) is 7.00. The zero-order valence-electron chi connectivity index (χ0n) is 9.29. The molecule has 1 radical (unpaired) electrons. The number of nitrogens with zero attached hydrogens (tertiary/aromatic N) is 1. The van der Waals surface area contributed by atoms with Crippen LogP contribution in [0.2, 0.25) is 0 Å². The van der Waals surface area contributed by atoms with Crippen LogP contribution in [0.3, 0.4) is 0 Å². The minimum Gasteiger partial charge on any atom is -0.520 e. The Kier molecular flexibility index (Phi) is 21.4. The van der Waals surface area contributed by atoms with Crippen LogP contribution in [0, 0.1) is 0 Å². The van der Waals surface area contributed by atoms with Crippen LogP contribution in [0.25, 0.3) is 0 Å². The molecule has 14 heavy (non-hydrogen) atoms. The van der Waals surface area contributed by atoms with Crippen LogP contribution in [-0.2, 0) is 26.6 Å². The van der Waals surface area contributed by atoms with Crippen LogP contribution in [-0.4, -0.2) is 49.8 Å². The second-order valence-electron chi connectivity index (χ2n) is 2.39. The van der Waals surface area contributed by atoms with E-state index in [-0.39, 0.29) is 23.1 Å². The van der Waals surface area contributed by atoms with Crippen molar-refractivity contribution in [2.24, 2.45) is 0 Å². The first-order valence-corrected chi connectivity index (χ1v) is 4.38. The van der Waals surface area contributed by atoms with Gasteiger partial charge in [-0.3, -0.25) is 0 Å². The Balaban J connectivity index is -0.000000376. The minimum absolute atomic E-state index is 0. The SMILES string of the molecule is CCC(COC)N([C-]=O)CC.CO.[Mn]. The summed E-state index contributed by atoms with van der Waals surface area (Å²) in [5.74, 6) is 0. The molecule has 0 saturated carbocycles. The molecule has 0 rings (SSSR count). The Morgan fingerprint density at radius 3 is 2.14 bits per heavy atom. The summed E-state index contributed by atoms with van der Waals surface area (Å²) < 4.78 is 4.96. The minimum atomic E-state index is 0. The largest absolute Gasteiger partial charge is 0.520 e. The summed E-state index contributed by atoms with van der Waals surface area (Å²) >= 11 is 0. The molecule has 0 aromatic heterocycles. The third-order valence-corrected chi connectivity index (χ3v) is 1.73. The molecule has 0 aromatic carbocycles. The molecule has 0 fully saturated rings. The zero-order valence-corrected chi connectivity index (χ0v) is 10.5. The first-order valence-electron chi connectivity index (χ1n) is 4.38. The van der Waals surface area contributed by atoms with Gasteiger partial charge >= 0.3 is 0 Å². The fourth-order valence-electron chi connectivity index (χ4n) is 1.02. The van der Waals surface area contributed by atoms with E-state index in [9.17, 15) is 4.79 Å². The van der Waals surface area contributed by atoms with E-state index in [1.165, 1.54) is 0 Å².